The van der Waals surface area contributed by atoms with Crippen LogP contribution in [0.5, 0.6) is 0 Å². The van der Waals surface area contributed by atoms with Gasteiger partial charge in [0.25, 0.3) is 0 Å². The highest BCUT2D eigenvalue weighted by atomic mass is 32.2. The molecule has 0 radical (unpaired) electrons. The topological polar surface area (TPSA) is 63.3 Å². The molecule has 1 aromatic rings. The van der Waals surface area contributed by atoms with Gasteiger partial charge in [-0.2, -0.15) is 11.8 Å². The Balaban J connectivity index is 2.05. The maximum Gasteiger partial charge on any atom is 0.320 e. The molecule has 1 aromatic carbocycles. The van der Waals surface area contributed by atoms with Crippen molar-refractivity contribution in [2.45, 2.75) is 24.3 Å². The van der Waals surface area contributed by atoms with Gasteiger partial charge in [0.2, 0.25) is 0 Å². The largest absolute Gasteiger partial charge is 0.480 e. The number of aliphatic carboxylic acids is 1. The van der Waals surface area contributed by atoms with Gasteiger partial charge in [-0.05, 0) is 31.2 Å². The lowest BCUT2D eigenvalue weighted by Crippen LogP contribution is -2.30. The Morgan fingerprint density at radius 1 is 1.28 bits per heavy atom. The predicted octanol–water partition coefficient (Wildman–Crippen LogP) is 2.62. The second kappa shape index (κ2) is 8.45. The first-order valence-electron chi connectivity index (χ1n) is 5.85. The number of rotatable bonds is 8. The van der Waals surface area contributed by atoms with Crippen molar-refractivity contribution in [2.24, 2.45) is 5.73 Å². The first kappa shape index (κ1) is 15.4. The summed E-state index contributed by atoms with van der Waals surface area (Å²) in [6.45, 7) is 2.08. The number of carbonyl (C=O) groups is 1. The fourth-order valence-corrected chi connectivity index (χ4v) is 3.28. The molecule has 100 valence electrons. The van der Waals surface area contributed by atoms with E-state index in [4.69, 9.17) is 10.8 Å². The lowest BCUT2D eigenvalue weighted by molar-refractivity contribution is -0.138. The summed E-state index contributed by atoms with van der Waals surface area (Å²) in [5, 5.41) is 8.62. The summed E-state index contributed by atoms with van der Waals surface area (Å²) in [7, 11) is 0. The van der Waals surface area contributed by atoms with Crippen LogP contribution in [0.1, 0.15) is 12.0 Å². The maximum absolute atomic E-state index is 10.5. The molecule has 1 atom stereocenters. The van der Waals surface area contributed by atoms with E-state index < -0.39 is 12.0 Å². The van der Waals surface area contributed by atoms with Crippen LogP contribution in [-0.4, -0.2) is 34.4 Å². The minimum Gasteiger partial charge on any atom is -0.480 e. The molecule has 0 saturated heterocycles. The third kappa shape index (κ3) is 6.33. The molecule has 18 heavy (non-hydrogen) atoms. The van der Waals surface area contributed by atoms with Gasteiger partial charge in [0, 0.05) is 16.4 Å². The van der Waals surface area contributed by atoms with Gasteiger partial charge in [0.15, 0.2) is 0 Å². The van der Waals surface area contributed by atoms with E-state index in [0.717, 1.165) is 17.3 Å². The second-order valence-electron chi connectivity index (χ2n) is 4.01. The van der Waals surface area contributed by atoms with Gasteiger partial charge >= 0.3 is 5.97 Å². The molecule has 0 aliphatic carbocycles. The molecule has 3 N–H and O–H groups in total. The van der Waals surface area contributed by atoms with Gasteiger partial charge in [-0.15, -0.1) is 11.8 Å². The van der Waals surface area contributed by atoms with Gasteiger partial charge in [-0.3, -0.25) is 4.79 Å². The van der Waals surface area contributed by atoms with Crippen LogP contribution in [0, 0.1) is 6.92 Å². The summed E-state index contributed by atoms with van der Waals surface area (Å²) < 4.78 is 0. The zero-order valence-electron chi connectivity index (χ0n) is 10.5. The molecule has 0 saturated carbocycles. The Morgan fingerprint density at radius 2 is 1.94 bits per heavy atom. The lowest BCUT2D eigenvalue weighted by Gasteiger charge is -2.06. The van der Waals surface area contributed by atoms with E-state index in [0.29, 0.717) is 6.42 Å². The number of carboxylic acids is 1. The SMILES string of the molecule is Cc1ccc(SCCSCCC(N)C(=O)O)cc1. The van der Waals surface area contributed by atoms with Gasteiger partial charge < -0.3 is 10.8 Å². The Hall–Kier alpha value is -0.650. The van der Waals surface area contributed by atoms with Crippen molar-refractivity contribution < 1.29 is 9.90 Å². The van der Waals surface area contributed by atoms with Crippen LogP contribution >= 0.6 is 23.5 Å². The van der Waals surface area contributed by atoms with Crippen molar-refractivity contribution in [1.29, 1.82) is 0 Å². The van der Waals surface area contributed by atoms with Crippen LogP contribution in [0.4, 0.5) is 0 Å². The smallest absolute Gasteiger partial charge is 0.320 e. The summed E-state index contributed by atoms with van der Waals surface area (Å²) in [6, 6.07) is 7.76. The highest BCUT2D eigenvalue weighted by Gasteiger charge is 2.09. The average molecular weight is 285 g/mol. The number of nitrogens with two attached hydrogens (primary N) is 1. The lowest BCUT2D eigenvalue weighted by atomic mass is 10.2. The number of thioether (sulfide) groups is 2. The molecule has 3 nitrogen and oxygen atoms in total. The monoisotopic (exact) mass is 285 g/mol. The molecule has 0 aliphatic rings. The molecule has 0 fully saturated rings. The van der Waals surface area contributed by atoms with Crippen LogP contribution in [-0.2, 0) is 4.79 Å². The van der Waals surface area contributed by atoms with E-state index in [-0.39, 0.29) is 0 Å². The number of carboxylic acid groups (broad SMARTS) is 1. The third-order valence-electron chi connectivity index (χ3n) is 2.41. The number of benzene rings is 1. The second-order valence-corrected chi connectivity index (χ2v) is 6.40. The van der Waals surface area contributed by atoms with Crippen molar-refractivity contribution >= 4 is 29.5 Å². The Bertz CT molecular complexity index is 368. The molecular formula is C13H19NO2S2. The number of aryl methyl sites for hydroxylation is 1. The Morgan fingerprint density at radius 3 is 2.56 bits per heavy atom. The minimum atomic E-state index is -0.912. The van der Waals surface area contributed by atoms with E-state index in [1.807, 2.05) is 11.8 Å². The molecule has 0 spiro atoms. The maximum atomic E-state index is 10.5. The van der Waals surface area contributed by atoms with E-state index in [9.17, 15) is 4.79 Å². The molecule has 5 heteroatoms. The highest BCUT2D eigenvalue weighted by molar-refractivity contribution is 8.02. The molecule has 0 aliphatic heterocycles. The standard InChI is InChI=1S/C13H19NO2S2/c1-10-2-4-11(5-3-10)18-9-8-17-7-6-12(14)13(15)16/h2-5,12H,6-9,14H2,1H3,(H,15,16). The molecule has 1 rings (SSSR count). The van der Waals surface area contributed by atoms with Crippen LogP contribution in [0.25, 0.3) is 0 Å². The summed E-state index contributed by atoms with van der Waals surface area (Å²) >= 11 is 3.58. The van der Waals surface area contributed by atoms with Gasteiger partial charge in [-0.1, -0.05) is 17.7 Å². The minimum absolute atomic E-state index is 0.537. The van der Waals surface area contributed by atoms with Crippen molar-refractivity contribution in [3.05, 3.63) is 29.8 Å². The normalized spacial score (nSPS) is 12.3. The van der Waals surface area contributed by atoms with Crippen LogP contribution < -0.4 is 5.73 Å². The quantitative estimate of drug-likeness (QED) is 0.568. The van der Waals surface area contributed by atoms with Crippen molar-refractivity contribution in [3.63, 3.8) is 0 Å². The first-order valence-corrected chi connectivity index (χ1v) is 7.99. The van der Waals surface area contributed by atoms with Crippen LogP contribution in [0.3, 0.4) is 0 Å². The molecule has 0 heterocycles. The Kier molecular flexibility index (Phi) is 7.23. The van der Waals surface area contributed by atoms with Crippen molar-refractivity contribution in [2.75, 3.05) is 17.3 Å². The van der Waals surface area contributed by atoms with Crippen molar-refractivity contribution in [3.8, 4) is 0 Å². The zero-order valence-corrected chi connectivity index (χ0v) is 12.1. The zero-order chi connectivity index (χ0) is 13.4. The van der Waals surface area contributed by atoms with Gasteiger partial charge in [-0.25, -0.2) is 0 Å². The van der Waals surface area contributed by atoms with E-state index in [2.05, 4.69) is 31.2 Å². The molecule has 0 amide bonds. The van der Waals surface area contributed by atoms with E-state index in [1.165, 1.54) is 10.5 Å². The highest BCUT2D eigenvalue weighted by Crippen LogP contribution is 2.19. The van der Waals surface area contributed by atoms with Gasteiger partial charge in [0.1, 0.15) is 6.04 Å². The third-order valence-corrected chi connectivity index (χ3v) is 4.70. The molecular weight excluding hydrogens is 266 g/mol. The summed E-state index contributed by atoms with van der Waals surface area (Å²) in [4.78, 5) is 11.8. The summed E-state index contributed by atoms with van der Waals surface area (Å²) in [5.74, 6) is 1.95. The van der Waals surface area contributed by atoms with Crippen LogP contribution in [0.15, 0.2) is 29.2 Å². The molecule has 1 unspecified atom stereocenters. The molecule has 0 bridgehead atoms. The predicted molar refractivity (Wildman–Crippen MR) is 79.5 cm³/mol. The first-order chi connectivity index (χ1) is 8.59. The fourth-order valence-electron chi connectivity index (χ4n) is 1.29. The van der Waals surface area contributed by atoms with Gasteiger partial charge in [0.05, 0.1) is 0 Å². The number of hydrogen-bond donors (Lipinski definition) is 2. The Labute approximate surface area is 117 Å². The number of hydrogen-bond acceptors (Lipinski definition) is 4. The summed E-state index contributed by atoms with van der Waals surface area (Å²) in [5.41, 5.74) is 6.69. The average Bonchev–Trinajstić information content (AvgIpc) is 2.35. The molecule has 0 aromatic heterocycles. The summed E-state index contributed by atoms with van der Waals surface area (Å²) in [6.07, 6.45) is 0.537. The van der Waals surface area contributed by atoms with Crippen LogP contribution in [0.2, 0.25) is 0 Å². The van der Waals surface area contributed by atoms with E-state index >= 15 is 0 Å². The van der Waals surface area contributed by atoms with Crippen molar-refractivity contribution in [1.82, 2.24) is 0 Å². The van der Waals surface area contributed by atoms with E-state index in [1.54, 1.807) is 11.8 Å². The fraction of sp³-hybridized carbons (Fsp3) is 0.462.